The number of aromatic nitrogens is 2. The van der Waals surface area contributed by atoms with E-state index in [0.717, 1.165) is 22.0 Å². The van der Waals surface area contributed by atoms with Crippen molar-refractivity contribution in [3.63, 3.8) is 0 Å². The van der Waals surface area contributed by atoms with Gasteiger partial charge in [-0.3, -0.25) is 0 Å². The molecular formula is C19H20FN3O3S. The monoisotopic (exact) mass is 389 g/mol. The van der Waals surface area contributed by atoms with Crippen LogP contribution in [-0.4, -0.2) is 29.9 Å². The molecule has 0 aliphatic heterocycles. The van der Waals surface area contributed by atoms with Gasteiger partial charge in [0.1, 0.15) is 5.82 Å². The zero-order chi connectivity index (χ0) is 19.6. The molecule has 0 saturated heterocycles. The lowest BCUT2D eigenvalue weighted by Crippen LogP contribution is -2.26. The minimum atomic E-state index is -3.79. The van der Waals surface area contributed by atoms with Gasteiger partial charge in [0.15, 0.2) is 0 Å². The Bertz CT molecular complexity index is 1010. The summed E-state index contributed by atoms with van der Waals surface area (Å²) < 4.78 is 44.4. The maximum Gasteiger partial charge on any atom is 0.243 e. The Hall–Kier alpha value is -2.58. The first kappa shape index (κ1) is 19.2. The van der Waals surface area contributed by atoms with E-state index in [2.05, 4.69) is 24.0 Å². The van der Waals surface area contributed by atoms with Gasteiger partial charge in [0.25, 0.3) is 0 Å². The molecule has 0 atom stereocenters. The maximum atomic E-state index is 13.0. The number of hydrogen-bond donors (Lipinski definition) is 0. The van der Waals surface area contributed by atoms with Crippen molar-refractivity contribution in [1.29, 1.82) is 0 Å². The second kappa shape index (κ2) is 7.58. The summed E-state index contributed by atoms with van der Waals surface area (Å²) in [6, 6.07) is 12.5. The van der Waals surface area contributed by atoms with Gasteiger partial charge < -0.3 is 4.52 Å². The molecule has 0 spiro atoms. The highest BCUT2D eigenvalue weighted by molar-refractivity contribution is 7.89. The highest BCUT2D eigenvalue weighted by Crippen LogP contribution is 2.22. The molecule has 0 aliphatic rings. The smallest absolute Gasteiger partial charge is 0.243 e. The lowest BCUT2D eigenvalue weighted by atomic mass is 10.0. The van der Waals surface area contributed by atoms with Crippen LogP contribution < -0.4 is 0 Å². The fourth-order valence-electron chi connectivity index (χ4n) is 2.52. The van der Waals surface area contributed by atoms with Gasteiger partial charge in [-0.05, 0) is 35.7 Å². The molecule has 8 heteroatoms. The van der Waals surface area contributed by atoms with Gasteiger partial charge in [0.05, 0.1) is 11.4 Å². The van der Waals surface area contributed by atoms with Crippen LogP contribution in [0.4, 0.5) is 4.39 Å². The molecule has 2 aromatic carbocycles. The summed E-state index contributed by atoms with van der Waals surface area (Å²) >= 11 is 0. The van der Waals surface area contributed by atoms with E-state index in [4.69, 9.17) is 4.52 Å². The van der Waals surface area contributed by atoms with Gasteiger partial charge in [0.2, 0.25) is 21.7 Å². The molecule has 0 bridgehead atoms. The summed E-state index contributed by atoms with van der Waals surface area (Å²) in [5.74, 6) is 0.492. The van der Waals surface area contributed by atoms with Crippen LogP contribution in [0.15, 0.2) is 57.9 Å². The van der Waals surface area contributed by atoms with E-state index >= 15 is 0 Å². The van der Waals surface area contributed by atoms with E-state index in [1.165, 1.54) is 24.7 Å². The molecule has 1 aromatic heterocycles. The maximum absolute atomic E-state index is 13.0. The normalized spacial score (nSPS) is 12.1. The number of benzene rings is 2. The lowest BCUT2D eigenvalue weighted by Gasteiger charge is -2.14. The molecule has 27 heavy (non-hydrogen) atoms. The Morgan fingerprint density at radius 3 is 2.30 bits per heavy atom. The molecule has 0 fully saturated rings. The standard InChI is InChI=1S/C19H20FN3O3S/c1-13(2)14-4-6-15(7-5-14)19-21-18(26-22-19)12-23(3)27(24,25)17-10-8-16(20)9-11-17/h4-11,13H,12H2,1-3H3. The largest absolute Gasteiger partial charge is 0.338 e. The molecule has 3 aromatic rings. The van der Waals surface area contributed by atoms with Crippen LogP contribution in [0.5, 0.6) is 0 Å². The Labute approximate surface area is 157 Å². The van der Waals surface area contributed by atoms with E-state index in [1.807, 2.05) is 24.3 Å². The topological polar surface area (TPSA) is 76.3 Å². The van der Waals surface area contributed by atoms with Crippen molar-refractivity contribution in [2.75, 3.05) is 7.05 Å². The van der Waals surface area contributed by atoms with Gasteiger partial charge in [-0.25, -0.2) is 12.8 Å². The number of sulfonamides is 1. The van der Waals surface area contributed by atoms with Crippen LogP contribution in [0.25, 0.3) is 11.4 Å². The van der Waals surface area contributed by atoms with Crippen LogP contribution in [0.3, 0.4) is 0 Å². The van der Waals surface area contributed by atoms with Crippen LogP contribution in [0.1, 0.15) is 31.2 Å². The van der Waals surface area contributed by atoms with E-state index < -0.39 is 15.8 Å². The highest BCUT2D eigenvalue weighted by Gasteiger charge is 2.23. The van der Waals surface area contributed by atoms with Crippen molar-refractivity contribution in [1.82, 2.24) is 14.4 Å². The molecule has 3 rings (SSSR count). The van der Waals surface area contributed by atoms with Crippen molar-refractivity contribution in [2.24, 2.45) is 0 Å². The molecule has 0 unspecified atom stereocenters. The third-order valence-electron chi connectivity index (χ3n) is 4.18. The number of hydrogen-bond acceptors (Lipinski definition) is 5. The summed E-state index contributed by atoms with van der Waals surface area (Å²) in [4.78, 5) is 4.27. The zero-order valence-corrected chi connectivity index (χ0v) is 16.1. The van der Waals surface area contributed by atoms with Gasteiger partial charge in [-0.15, -0.1) is 0 Å². The van der Waals surface area contributed by atoms with E-state index in [0.29, 0.717) is 11.7 Å². The van der Waals surface area contributed by atoms with E-state index in [1.54, 1.807) is 0 Å². The highest BCUT2D eigenvalue weighted by atomic mass is 32.2. The van der Waals surface area contributed by atoms with Gasteiger partial charge >= 0.3 is 0 Å². The molecular weight excluding hydrogens is 369 g/mol. The van der Waals surface area contributed by atoms with Crippen molar-refractivity contribution >= 4 is 10.0 Å². The number of nitrogens with zero attached hydrogens (tertiary/aromatic N) is 3. The predicted octanol–water partition coefficient (Wildman–Crippen LogP) is 3.82. The quantitative estimate of drug-likeness (QED) is 0.641. The first-order chi connectivity index (χ1) is 12.8. The van der Waals surface area contributed by atoms with Crippen molar-refractivity contribution in [3.05, 3.63) is 65.8 Å². The summed E-state index contributed by atoms with van der Waals surface area (Å²) in [6.07, 6.45) is 0. The SMILES string of the molecule is CC(C)c1ccc(-c2noc(CN(C)S(=O)(=O)c3ccc(F)cc3)n2)cc1. The van der Waals surface area contributed by atoms with Gasteiger partial charge in [-0.1, -0.05) is 43.3 Å². The minimum Gasteiger partial charge on any atom is -0.338 e. The molecule has 6 nitrogen and oxygen atoms in total. The molecule has 0 saturated carbocycles. The van der Waals surface area contributed by atoms with E-state index in [9.17, 15) is 12.8 Å². The molecule has 0 aliphatic carbocycles. The molecule has 1 heterocycles. The third kappa shape index (κ3) is 4.23. The predicted molar refractivity (Wildman–Crippen MR) is 98.9 cm³/mol. The fourth-order valence-corrected chi connectivity index (χ4v) is 3.64. The van der Waals surface area contributed by atoms with Crippen LogP contribution in [0.2, 0.25) is 0 Å². The van der Waals surface area contributed by atoms with Gasteiger partial charge in [0, 0.05) is 12.6 Å². The van der Waals surface area contributed by atoms with Crippen LogP contribution in [0, 0.1) is 5.82 Å². The first-order valence-corrected chi connectivity index (χ1v) is 9.86. The van der Waals surface area contributed by atoms with Crippen molar-refractivity contribution in [3.8, 4) is 11.4 Å². The van der Waals surface area contributed by atoms with Crippen molar-refractivity contribution in [2.45, 2.75) is 31.2 Å². The van der Waals surface area contributed by atoms with Crippen LogP contribution >= 0.6 is 0 Å². The summed E-state index contributed by atoms with van der Waals surface area (Å²) in [6.45, 7) is 4.13. The Morgan fingerprint density at radius 1 is 1.07 bits per heavy atom. The Morgan fingerprint density at radius 2 is 1.70 bits per heavy atom. The molecule has 142 valence electrons. The van der Waals surface area contributed by atoms with Crippen molar-refractivity contribution < 1.29 is 17.3 Å². The summed E-state index contributed by atoms with van der Waals surface area (Å²) in [5, 5.41) is 3.92. The fraction of sp³-hybridized carbons (Fsp3) is 0.263. The second-order valence-corrected chi connectivity index (χ2v) is 8.55. The van der Waals surface area contributed by atoms with Crippen LogP contribution in [-0.2, 0) is 16.6 Å². The number of halogens is 1. The zero-order valence-electron chi connectivity index (χ0n) is 15.3. The lowest BCUT2D eigenvalue weighted by molar-refractivity contribution is 0.336. The molecule has 0 radical (unpaired) electrons. The second-order valence-electron chi connectivity index (χ2n) is 6.50. The van der Waals surface area contributed by atoms with Gasteiger partial charge in [-0.2, -0.15) is 9.29 Å². The Balaban J connectivity index is 1.75. The average molecular weight is 389 g/mol. The molecule has 0 N–H and O–H groups in total. The summed E-state index contributed by atoms with van der Waals surface area (Å²) in [7, 11) is -2.38. The first-order valence-electron chi connectivity index (χ1n) is 8.42. The number of rotatable bonds is 6. The third-order valence-corrected chi connectivity index (χ3v) is 6.00. The minimum absolute atomic E-state index is 0.00425. The molecule has 0 amide bonds. The van der Waals surface area contributed by atoms with E-state index in [-0.39, 0.29) is 17.3 Å². The average Bonchev–Trinajstić information content (AvgIpc) is 3.10. The Kier molecular flexibility index (Phi) is 5.38. The summed E-state index contributed by atoms with van der Waals surface area (Å²) in [5.41, 5.74) is 1.99.